The number of hydrogen-bond donors (Lipinski definition) is 0. The molecule has 20 heteroatoms. The number of aromatic nitrogens is 2. The van der Waals surface area contributed by atoms with Crippen molar-refractivity contribution < 1.29 is 70.2 Å². The molecular weight excluding hydrogens is 655 g/mol. The maximum atomic E-state index is 13.4. The molecular formula is C28H40F3N5O12. The Labute approximate surface area is 274 Å². The van der Waals surface area contributed by atoms with Crippen LogP contribution in [0.4, 0.5) is 13.2 Å². The van der Waals surface area contributed by atoms with Crippen molar-refractivity contribution in [1.82, 2.24) is 9.97 Å². The molecule has 5 atom stereocenters. The maximum absolute atomic E-state index is 13.4. The zero-order chi connectivity index (χ0) is 35.4. The molecule has 48 heavy (non-hydrogen) atoms. The van der Waals surface area contributed by atoms with E-state index >= 15 is 0 Å². The van der Waals surface area contributed by atoms with Crippen LogP contribution in [0.1, 0.15) is 32.3 Å². The monoisotopic (exact) mass is 695 g/mol. The van der Waals surface area contributed by atoms with Gasteiger partial charge < -0.3 is 42.6 Å². The standard InChI is InChI=1S/C28H40F3N5O12/c1-18(37)45-17-22-26(47-20(3)39)25(46-19(2)38)21(16-24-33-5-4-23(35-24)28(29,30)31)27(48-22)44-15-14-43-13-12-42-11-10-41-9-8-40-7-6-34-36-32/h4-5,21-22,25-27H,6-17H2,1-3H3/t21-,22?,25-,26+,27?/m1/s1. The van der Waals surface area contributed by atoms with Gasteiger partial charge in [0.1, 0.15) is 30.3 Å². The van der Waals surface area contributed by atoms with E-state index in [0.717, 1.165) is 27.0 Å². The Hall–Kier alpha value is -3.65. The Bertz CT molecular complexity index is 1190. The second-order valence-electron chi connectivity index (χ2n) is 9.99. The summed E-state index contributed by atoms with van der Waals surface area (Å²) in [6.45, 7) is 5.19. The smallest absolute Gasteiger partial charge is 0.433 e. The van der Waals surface area contributed by atoms with E-state index in [-0.39, 0.29) is 45.2 Å². The second kappa shape index (κ2) is 22.1. The Kier molecular flexibility index (Phi) is 18.6. The molecule has 2 rings (SSSR count). The van der Waals surface area contributed by atoms with E-state index in [4.69, 9.17) is 48.2 Å². The summed E-state index contributed by atoms with van der Waals surface area (Å²) in [6.07, 6.45) is -9.25. The first-order valence-electron chi connectivity index (χ1n) is 14.9. The number of carbonyl (C=O) groups excluding carboxylic acids is 3. The summed E-state index contributed by atoms with van der Waals surface area (Å²) in [5.41, 5.74) is 6.99. The lowest BCUT2D eigenvalue weighted by Crippen LogP contribution is -2.60. The fourth-order valence-corrected chi connectivity index (χ4v) is 4.35. The topological polar surface area (TPSA) is 209 Å². The van der Waals surface area contributed by atoms with Gasteiger partial charge in [0.25, 0.3) is 0 Å². The Morgan fingerprint density at radius 1 is 0.875 bits per heavy atom. The highest BCUT2D eigenvalue weighted by molar-refractivity contribution is 5.67. The van der Waals surface area contributed by atoms with Gasteiger partial charge in [-0.05, 0) is 11.6 Å². The highest BCUT2D eigenvalue weighted by Gasteiger charge is 2.51. The number of ether oxygens (including phenoxy) is 9. The van der Waals surface area contributed by atoms with E-state index in [2.05, 4.69) is 20.0 Å². The minimum atomic E-state index is -4.75. The highest BCUT2D eigenvalue weighted by atomic mass is 19.4. The van der Waals surface area contributed by atoms with Crippen molar-refractivity contribution in [3.05, 3.63) is 34.2 Å². The number of halogens is 3. The van der Waals surface area contributed by atoms with Crippen LogP contribution in [0.5, 0.6) is 0 Å². The molecule has 0 spiro atoms. The number of nitrogens with zero attached hydrogens (tertiary/aromatic N) is 5. The first-order chi connectivity index (χ1) is 22.9. The fourth-order valence-electron chi connectivity index (χ4n) is 4.35. The minimum Gasteiger partial charge on any atom is -0.463 e. The summed E-state index contributed by atoms with van der Waals surface area (Å²) < 4.78 is 89.5. The molecule has 17 nitrogen and oxygen atoms in total. The summed E-state index contributed by atoms with van der Waals surface area (Å²) in [5, 5.41) is 3.34. The van der Waals surface area contributed by atoms with Gasteiger partial charge in [0.15, 0.2) is 12.4 Å². The minimum absolute atomic E-state index is 0.0416. The van der Waals surface area contributed by atoms with E-state index in [9.17, 15) is 27.6 Å². The zero-order valence-corrected chi connectivity index (χ0v) is 26.8. The molecule has 1 aromatic heterocycles. The van der Waals surface area contributed by atoms with Crippen molar-refractivity contribution in [3.63, 3.8) is 0 Å². The van der Waals surface area contributed by atoms with E-state index in [1.165, 1.54) is 0 Å². The molecule has 0 aromatic carbocycles. The molecule has 1 aliphatic heterocycles. The van der Waals surface area contributed by atoms with Gasteiger partial charge in [0.2, 0.25) is 0 Å². The molecule has 2 unspecified atom stereocenters. The second-order valence-corrected chi connectivity index (χ2v) is 9.99. The average molecular weight is 696 g/mol. The lowest BCUT2D eigenvalue weighted by molar-refractivity contribution is -0.293. The van der Waals surface area contributed by atoms with Crippen LogP contribution in [0, 0.1) is 5.92 Å². The number of rotatable bonds is 22. The number of carbonyl (C=O) groups is 3. The van der Waals surface area contributed by atoms with Crippen LogP contribution in [0.2, 0.25) is 0 Å². The highest BCUT2D eigenvalue weighted by Crippen LogP contribution is 2.34. The third kappa shape index (κ3) is 16.0. The van der Waals surface area contributed by atoms with Crippen molar-refractivity contribution in [1.29, 1.82) is 0 Å². The summed E-state index contributed by atoms with van der Waals surface area (Å²) in [6, 6.07) is 0.705. The SMILES string of the molecule is CC(=O)OCC1OC(OCCOCCOCCOCCOCCN=[N+]=[N-])[C@H](Cc2nccc(C(F)(F)F)n2)[C@@H](OC(C)=O)[C@H]1OC(C)=O. The Balaban J connectivity index is 2.01. The molecule has 0 bridgehead atoms. The lowest BCUT2D eigenvalue weighted by atomic mass is 9.87. The summed E-state index contributed by atoms with van der Waals surface area (Å²) >= 11 is 0. The van der Waals surface area contributed by atoms with Gasteiger partial charge >= 0.3 is 24.1 Å². The predicted octanol–water partition coefficient (Wildman–Crippen LogP) is 2.20. The quantitative estimate of drug-likeness (QED) is 0.0426. The number of azide groups is 1. The molecule has 270 valence electrons. The number of alkyl halides is 3. The van der Waals surface area contributed by atoms with Gasteiger partial charge in [-0.15, -0.1) is 0 Å². The first kappa shape index (κ1) is 40.5. The van der Waals surface area contributed by atoms with Crippen LogP contribution < -0.4 is 0 Å². The van der Waals surface area contributed by atoms with Crippen molar-refractivity contribution in [2.24, 2.45) is 11.0 Å². The van der Waals surface area contributed by atoms with Gasteiger partial charge in [0.05, 0.1) is 65.4 Å². The third-order valence-corrected chi connectivity index (χ3v) is 6.26. The third-order valence-electron chi connectivity index (χ3n) is 6.26. The molecule has 2 heterocycles. The molecule has 1 aromatic rings. The van der Waals surface area contributed by atoms with Gasteiger partial charge in [0, 0.05) is 44.8 Å². The molecule has 0 radical (unpaired) electrons. The van der Waals surface area contributed by atoms with Crippen LogP contribution in [-0.2, 0) is 69.6 Å². The van der Waals surface area contributed by atoms with E-state index in [1.807, 2.05) is 0 Å². The normalized spacial score (nSPS) is 20.8. The van der Waals surface area contributed by atoms with Crippen molar-refractivity contribution >= 4 is 17.9 Å². The Morgan fingerprint density at radius 3 is 1.98 bits per heavy atom. The number of hydrogen-bond acceptors (Lipinski definition) is 15. The molecule has 1 saturated heterocycles. The Morgan fingerprint density at radius 2 is 1.44 bits per heavy atom. The van der Waals surface area contributed by atoms with Crippen LogP contribution in [0.3, 0.4) is 0 Å². The molecule has 1 fully saturated rings. The van der Waals surface area contributed by atoms with Gasteiger partial charge in [-0.25, -0.2) is 9.97 Å². The van der Waals surface area contributed by atoms with Crippen LogP contribution >= 0.6 is 0 Å². The van der Waals surface area contributed by atoms with E-state index < -0.39 is 66.9 Å². The molecule has 0 N–H and O–H groups in total. The molecule has 0 aliphatic carbocycles. The predicted molar refractivity (Wildman–Crippen MR) is 154 cm³/mol. The molecule has 0 amide bonds. The van der Waals surface area contributed by atoms with Crippen LogP contribution in [-0.4, -0.2) is 125 Å². The summed E-state index contributed by atoms with van der Waals surface area (Å²) in [4.78, 5) is 45.9. The average Bonchev–Trinajstić information content (AvgIpc) is 3.01. The van der Waals surface area contributed by atoms with Crippen molar-refractivity contribution in [2.75, 3.05) is 72.6 Å². The van der Waals surface area contributed by atoms with Gasteiger partial charge in [-0.3, -0.25) is 14.4 Å². The summed E-state index contributed by atoms with van der Waals surface area (Å²) in [7, 11) is 0. The molecule has 1 aliphatic rings. The van der Waals surface area contributed by atoms with E-state index in [1.54, 1.807) is 0 Å². The molecule has 0 saturated carbocycles. The largest absolute Gasteiger partial charge is 0.463 e. The zero-order valence-electron chi connectivity index (χ0n) is 26.8. The number of esters is 3. The summed E-state index contributed by atoms with van der Waals surface area (Å²) in [5.74, 6) is -3.58. The van der Waals surface area contributed by atoms with E-state index in [0.29, 0.717) is 39.1 Å². The fraction of sp³-hybridized carbons (Fsp3) is 0.750. The first-order valence-corrected chi connectivity index (χ1v) is 14.9. The van der Waals surface area contributed by atoms with Crippen molar-refractivity contribution in [2.45, 2.75) is 58.0 Å². The maximum Gasteiger partial charge on any atom is 0.433 e. The van der Waals surface area contributed by atoms with Gasteiger partial charge in [-0.1, -0.05) is 5.11 Å². The van der Waals surface area contributed by atoms with Crippen LogP contribution in [0.15, 0.2) is 17.4 Å². The van der Waals surface area contributed by atoms with Crippen molar-refractivity contribution in [3.8, 4) is 0 Å². The van der Waals surface area contributed by atoms with Gasteiger partial charge in [-0.2, -0.15) is 13.2 Å². The lowest BCUT2D eigenvalue weighted by Gasteiger charge is -2.44. The van der Waals surface area contributed by atoms with Crippen LogP contribution in [0.25, 0.3) is 10.4 Å².